The lowest BCUT2D eigenvalue weighted by molar-refractivity contribution is 0.166. The van der Waals surface area contributed by atoms with Gasteiger partial charge in [-0.2, -0.15) is 0 Å². The lowest BCUT2D eigenvalue weighted by atomic mass is 10.4. The fraction of sp³-hybridized carbons (Fsp3) is 0.538. The van der Waals surface area contributed by atoms with Gasteiger partial charge in [-0.3, -0.25) is 0 Å². The molecule has 4 heteroatoms. The van der Waals surface area contributed by atoms with Crippen LogP contribution in [0.5, 0.6) is 5.75 Å². The molecule has 0 spiro atoms. The van der Waals surface area contributed by atoms with Gasteiger partial charge in [0.05, 0.1) is 12.7 Å². The summed E-state index contributed by atoms with van der Waals surface area (Å²) in [6.45, 7) is 8.08. The number of hydrogen-bond donors (Lipinski definition) is 0. The zero-order chi connectivity index (χ0) is 12.4. The van der Waals surface area contributed by atoms with E-state index in [1.165, 1.54) is 9.75 Å². The van der Waals surface area contributed by atoms with Crippen molar-refractivity contribution < 1.29 is 4.74 Å². The van der Waals surface area contributed by atoms with Gasteiger partial charge in [0.15, 0.2) is 0 Å². The largest absolute Gasteiger partial charge is 0.491 e. The predicted octanol–water partition coefficient (Wildman–Crippen LogP) is 2.81. The molecule has 1 aliphatic heterocycles. The van der Waals surface area contributed by atoms with E-state index >= 15 is 0 Å². The molecule has 1 aromatic heterocycles. The van der Waals surface area contributed by atoms with E-state index in [1.54, 1.807) is 11.3 Å². The summed E-state index contributed by atoms with van der Waals surface area (Å²) in [5.41, 5.74) is 0. The molecule has 0 saturated carbocycles. The molecule has 0 saturated heterocycles. The number of nitrogens with zero attached hydrogens (tertiary/aromatic N) is 2. The molecule has 0 fully saturated rings. The Labute approximate surface area is 107 Å². The van der Waals surface area contributed by atoms with Crippen LogP contribution >= 0.6 is 11.3 Å². The minimum absolute atomic E-state index is 0.434. The summed E-state index contributed by atoms with van der Waals surface area (Å²) in [4.78, 5) is 7.06. The lowest BCUT2D eigenvalue weighted by Gasteiger charge is -2.26. The summed E-state index contributed by atoms with van der Waals surface area (Å²) >= 11 is 1.79. The summed E-state index contributed by atoms with van der Waals surface area (Å²) in [6, 6.07) is 2.12. The maximum atomic E-state index is 5.82. The third-order valence-electron chi connectivity index (χ3n) is 3.17. The lowest BCUT2D eigenvalue weighted by Crippen LogP contribution is -2.35. The monoisotopic (exact) mass is 252 g/mol. The van der Waals surface area contributed by atoms with Gasteiger partial charge in [-0.25, -0.2) is 0 Å². The first-order chi connectivity index (χ1) is 8.08. The van der Waals surface area contributed by atoms with Gasteiger partial charge in [-0.15, -0.1) is 11.3 Å². The van der Waals surface area contributed by atoms with Gasteiger partial charge in [0.1, 0.15) is 12.4 Å². The van der Waals surface area contributed by atoms with E-state index in [-0.39, 0.29) is 0 Å². The van der Waals surface area contributed by atoms with E-state index in [0.717, 1.165) is 18.9 Å². The second-order valence-electron chi connectivity index (χ2n) is 4.46. The first-order valence-corrected chi connectivity index (χ1v) is 6.75. The first kappa shape index (κ1) is 12.3. The Balaban J connectivity index is 1.80. The maximum absolute atomic E-state index is 5.82. The molecular formula is C13H20N2OS. The van der Waals surface area contributed by atoms with Crippen LogP contribution in [0, 0.1) is 13.8 Å². The van der Waals surface area contributed by atoms with Crippen LogP contribution in [0.1, 0.15) is 16.7 Å². The molecule has 2 rings (SSSR count). The molecule has 94 valence electrons. The second kappa shape index (κ2) is 5.00. The van der Waals surface area contributed by atoms with Gasteiger partial charge in [0.25, 0.3) is 0 Å². The summed E-state index contributed by atoms with van der Waals surface area (Å²) in [7, 11) is 2.09. The molecule has 0 amide bonds. The van der Waals surface area contributed by atoms with Crippen molar-refractivity contribution in [2.75, 3.05) is 20.2 Å². The molecule has 0 bridgehead atoms. The Morgan fingerprint density at radius 1 is 1.35 bits per heavy atom. The van der Waals surface area contributed by atoms with Crippen LogP contribution in [0.4, 0.5) is 0 Å². The zero-order valence-corrected chi connectivity index (χ0v) is 11.8. The maximum Gasteiger partial charge on any atom is 0.133 e. The molecule has 0 radical (unpaired) electrons. The highest BCUT2D eigenvalue weighted by atomic mass is 32.1. The molecule has 1 aliphatic rings. The van der Waals surface area contributed by atoms with E-state index in [4.69, 9.17) is 4.74 Å². The van der Waals surface area contributed by atoms with E-state index in [1.807, 2.05) is 0 Å². The third-order valence-corrected chi connectivity index (χ3v) is 4.11. The van der Waals surface area contributed by atoms with Crippen molar-refractivity contribution >= 4 is 11.3 Å². The fourth-order valence-electron chi connectivity index (χ4n) is 1.95. The minimum atomic E-state index is 0.434. The highest BCUT2D eigenvalue weighted by molar-refractivity contribution is 7.12. The molecule has 0 N–H and O–H groups in total. The Hall–Kier alpha value is -1.16. The third kappa shape index (κ3) is 2.75. The van der Waals surface area contributed by atoms with Crippen molar-refractivity contribution in [1.29, 1.82) is 0 Å². The topological polar surface area (TPSA) is 15.7 Å². The van der Waals surface area contributed by atoms with Gasteiger partial charge < -0.3 is 14.5 Å². The number of ether oxygens (including phenoxy) is 1. The molecular weight excluding hydrogens is 232 g/mol. The average Bonchev–Trinajstić information content (AvgIpc) is 2.75. The van der Waals surface area contributed by atoms with E-state index < -0.39 is 0 Å². The SMILES string of the molecule is Cc1cc(OCCN2C=CN(C)C2C)c(C)s1. The minimum Gasteiger partial charge on any atom is -0.491 e. The van der Waals surface area contributed by atoms with Crippen molar-refractivity contribution in [3.8, 4) is 5.75 Å². The van der Waals surface area contributed by atoms with E-state index in [2.05, 4.69) is 56.1 Å². The van der Waals surface area contributed by atoms with E-state index in [9.17, 15) is 0 Å². The van der Waals surface area contributed by atoms with Crippen LogP contribution < -0.4 is 4.74 Å². The Bertz CT molecular complexity index is 414. The first-order valence-electron chi connectivity index (χ1n) is 5.94. The molecule has 0 aromatic carbocycles. The Morgan fingerprint density at radius 3 is 2.65 bits per heavy atom. The normalized spacial score (nSPS) is 19.2. The summed E-state index contributed by atoms with van der Waals surface area (Å²) in [5, 5.41) is 0. The van der Waals surface area contributed by atoms with Crippen LogP contribution in [-0.2, 0) is 0 Å². The van der Waals surface area contributed by atoms with Crippen LogP contribution in [-0.4, -0.2) is 36.2 Å². The highest BCUT2D eigenvalue weighted by Gasteiger charge is 2.17. The van der Waals surface area contributed by atoms with Crippen LogP contribution in [0.2, 0.25) is 0 Å². The Morgan fingerprint density at radius 2 is 2.12 bits per heavy atom. The van der Waals surface area contributed by atoms with Gasteiger partial charge in [0, 0.05) is 29.2 Å². The molecule has 1 aromatic rings. The summed E-state index contributed by atoms with van der Waals surface area (Å²) in [5.74, 6) is 1.04. The predicted molar refractivity (Wildman–Crippen MR) is 72.4 cm³/mol. The summed E-state index contributed by atoms with van der Waals surface area (Å²) < 4.78 is 5.82. The average molecular weight is 252 g/mol. The summed E-state index contributed by atoms with van der Waals surface area (Å²) in [6.07, 6.45) is 4.66. The van der Waals surface area contributed by atoms with Crippen molar-refractivity contribution in [1.82, 2.24) is 9.80 Å². The van der Waals surface area contributed by atoms with Gasteiger partial charge >= 0.3 is 0 Å². The van der Waals surface area contributed by atoms with Crippen LogP contribution in [0.3, 0.4) is 0 Å². The van der Waals surface area contributed by atoms with Crippen molar-refractivity contribution in [3.63, 3.8) is 0 Å². The van der Waals surface area contributed by atoms with Crippen LogP contribution in [0.15, 0.2) is 18.5 Å². The quantitative estimate of drug-likeness (QED) is 0.819. The molecule has 17 heavy (non-hydrogen) atoms. The smallest absolute Gasteiger partial charge is 0.133 e. The van der Waals surface area contributed by atoms with Gasteiger partial charge in [0.2, 0.25) is 0 Å². The van der Waals surface area contributed by atoms with Crippen molar-refractivity contribution in [3.05, 3.63) is 28.2 Å². The van der Waals surface area contributed by atoms with Gasteiger partial charge in [-0.05, 0) is 26.8 Å². The fourth-order valence-corrected chi connectivity index (χ4v) is 2.81. The number of thiophene rings is 1. The second-order valence-corrected chi connectivity index (χ2v) is 5.92. The Kier molecular flexibility index (Phi) is 3.62. The molecule has 0 aliphatic carbocycles. The molecule has 3 nitrogen and oxygen atoms in total. The van der Waals surface area contributed by atoms with Crippen molar-refractivity contribution in [2.45, 2.75) is 26.9 Å². The van der Waals surface area contributed by atoms with Gasteiger partial charge in [-0.1, -0.05) is 0 Å². The van der Waals surface area contributed by atoms with Crippen LogP contribution in [0.25, 0.3) is 0 Å². The standard InChI is InChI=1S/C13H20N2OS/c1-10-9-13(11(2)17-10)16-8-7-15-6-5-14(4)12(15)3/h5-6,9,12H,7-8H2,1-4H3. The van der Waals surface area contributed by atoms with E-state index in [0.29, 0.717) is 6.17 Å². The highest BCUT2D eigenvalue weighted by Crippen LogP contribution is 2.27. The number of hydrogen-bond acceptors (Lipinski definition) is 4. The molecule has 1 atom stereocenters. The number of rotatable bonds is 4. The molecule has 2 heterocycles. The van der Waals surface area contributed by atoms with Crippen molar-refractivity contribution in [2.24, 2.45) is 0 Å². The molecule has 1 unspecified atom stereocenters. The number of aryl methyl sites for hydroxylation is 2. The zero-order valence-electron chi connectivity index (χ0n) is 10.9.